The summed E-state index contributed by atoms with van der Waals surface area (Å²) >= 11 is 6.01. The van der Waals surface area contributed by atoms with E-state index < -0.39 is 23.0 Å². The second-order valence-electron chi connectivity index (χ2n) is 4.65. The van der Waals surface area contributed by atoms with Crippen molar-refractivity contribution >= 4 is 17.5 Å². The third kappa shape index (κ3) is 1.76. The minimum atomic E-state index is -1.81. The molecular formula is C13H17ClN4O2. The molecule has 0 radical (unpaired) electrons. The highest BCUT2D eigenvalue weighted by Gasteiger charge is 2.64. The number of carbonyl (C=O) groups is 1. The summed E-state index contributed by atoms with van der Waals surface area (Å²) in [6.45, 7) is 3.64. The smallest absolute Gasteiger partial charge is 0.244 e. The summed E-state index contributed by atoms with van der Waals surface area (Å²) in [5.41, 5.74) is 2.57. The molecule has 2 unspecified atom stereocenters. The predicted molar refractivity (Wildman–Crippen MR) is 72.7 cm³/mol. The van der Waals surface area contributed by atoms with Gasteiger partial charge in [-0.3, -0.25) is 4.79 Å². The maximum absolute atomic E-state index is 12.1. The van der Waals surface area contributed by atoms with E-state index in [2.05, 4.69) is 5.32 Å². The summed E-state index contributed by atoms with van der Waals surface area (Å²) in [5.74, 6) is -0.887. The molecule has 20 heavy (non-hydrogen) atoms. The van der Waals surface area contributed by atoms with Crippen LogP contribution in [0.15, 0.2) is 10.7 Å². The Morgan fingerprint density at radius 3 is 2.35 bits per heavy atom. The molecule has 3 N–H and O–H groups in total. The Morgan fingerprint density at radius 1 is 1.50 bits per heavy atom. The highest BCUT2D eigenvalue weighted by atomic mass is 35.5. The Hall–Kier alpha value is -1.76. The lowest BCUT2D eigenvalue weighted by Gasteiger charge is -2.51. The van der Waals surface area contributed by atoms with Gasteiger partial charge in [-0.05, 0) is 12.8 Å². The van der Waals surface area contributed by atoms with Gasteiger partial charge in [-0.15, -0.1) is 0 Å². The number of hydrogen-bond donors (Lipinski definition) is 2. The average Bonchev–Trinajstić information content (AvgIpc) is 2.45. The summed E-state index contributed by atoms with van der Waals surface area (Å²) in [5, 5.41) is 21.8. The molecule has 0 aromatic rings. The van der Waals surface area contributed by atoms with Crippen LogP contribution in [0.4, 0.5) is 0 Å². The van der Waals surface area contributed by atoms with Crippen molar-refractivity contribution in [2.75, 3.05) is 7.11 Å². The first-order valence-corrected chi connectivity index (χ1v) is 6.60. The number of hydrogen-bond acceptors (Lipinski definition) is 5. The normalized spacial score (nSPS) is 28.2. The molecule has 6 nitrogen and oxygen atoms in total. The Balaban J connectivity index is 3.82. The van der Waals surface area contributed by atoms with Gasteiger partial charge >= 0.3 is 0 Å². The topological polar surface area (TPSA) is 112 Å². The maximum Gasteiger partial charge on any atom is 0.244 e. The van der Waals surface area contributed by atoms with E-state index in [4.69, 9.17) is 22.1 Å². The molecule has 7 heteroatoms. The van der Waals surface area contributed by atoms with Crippen LogP contribution in [0.3, 0.4) is 0 Å². The van der Waals surface area contributed by atoms with Crippen molar-refractivity contribution in [3.8, 4) is 12.1 Å². The van der Waals surface area contributed by atoms with Crippen molar-refractivity contribution in [2.45, 2.75) is 32.9 Å². The zero-order valence-electron chi connectivity index (χ0n) is 11.7. The highest BCUT2D eigenvalue weighted by Crippen LogP contribution is 2.55. The van der Waals surface area contributed by atoms with Gasteiger partial charge in [-0.25, -0.2) is 0 Å². The van der Waals surface area contributed by atoms with Crippen LogP contribution < -0.4 is 11.1 Å². The summed E-state index contributed by atoms with van der Waals surface area (Å²) in [6.07, 6.45) is 0.149. The van der Waals surface area contributed by atoms with Crippen LogP contribution in [0, 0.1) is 33.5 Å². The number of amides is 1. The van der Waals surface area contributed by atoms with E-state index in [-0.39, 0.29) is 10.7 Å². The Bertz CT molecular complexity index is 527. The number of nitrogens with one attached hydrogen (secondary N) is 1. The van der Waals surface area contributed by atoms with Crippen LogP contribution >= 0.6 is 11.6 Å². The Kier molecular flexibility index (Phi) is 4.65. The van der Waals surface area contributed by atoms with Gasteiger partial charge in [0, 0.05) is 12.5 Å². The summed E-state index contributed by atoms with van der Waals surface area (Å²) < 4.78 is 5.36. The zero-order valence-corrected chi connectivity index (χ0v) is 12.4. The molecule has 1 aliphatic heterocycles. The molecule has 0 aromatic carbocycles. The standard InChI is InChI=1S/C13H17ClN4O2/c1-4-12(5-2)11(20-3)18-9(14)8(6-15)13(12,7-16)10(17)19/h11,18H,4-5H2,1-3H3,(H2,17,19). The number of nitrogens with two attached hydrogens (primary N) is 1. The van der Waals surface area contributed by atoms with E-state index in [0.29, 0.717) is 12.8 Å². The van der Waals surface area contributed by atoms with E-state index in [1.54, 1.807) is 0 Å². The van der Waals surface area contributed by atoms with Crippen LogP contribution in [0.25, 0.3) is 0 Å². The molecule has 0 spiro atoms. The summed E-state index contributed by atoms with van der Waals surface area (Å²) in [6, 6.07) is 3.80. The molecule has 1 rings (SSSR count). The van der Waals surface area contributed by atoms with E-state index in [1.165, 1.54) is 7.11 Å². The number of ether oxygens (including phenoxy) is 1. The van der Waals surface area contributed by atoms with E-state index in [1.807, 2.05) is 26.0 Å². The molecule has 0 aromatic heterocycles. The van der Waals surface area contributed by atoms with Gasteiger partial charge in [0.2, 0.25) is 5.91 Å². The van der Waals surface area contributed by atoms with Crippen molar-refractivity contribution in [3.63, 3.8) is 0 Å². The Morgan fingerprint density at radius 2 is 2.05 bits per heavy atom. The fourth-order valence-electron chi connectivity index (χ4n) is 3.10. The van der Waals surface area contributed by atoms with Crippen LogP contribution in [0.2, 0.25) is 0 Å². The number of primary amides is 1. The molecule has 0 saturated carbocycles. The van der Waals surface area contributed by atoms with Gasteiger partial charge in [-0.1, -0.05) is 25.4 Å². The molecule has 1 aliphatic rings. The number of methoxy groups -OCH3 is 1. The monoisotopic (exact) mass is 296 g/mol. The fraction of sp³-hybridized carbons (Fsp3) is 0.615. The van der Waals surface area contributed by atoms with Crippen LogP contribution in [0.5, 0.6) is 0 Å². The molecule has 0 bridgehead atoms. The number of carbonyl (C=O) groups excluding carboxylic acids is 1. The van der Waals surface area contributed by atoms with E-state index in [0.717, 1.165) is 0 Å². The van der Waals surface area contributed by atoms with Crippen molar-refractivity contribution in [2.24, 2.45) is 16.6 Å². The summed E-state index contributed by atoms with van der Waals surface area (Å²) in [4.78, 5) is 12.1. The second-order valence-corrected chi connectivity index (χ2v) is 5.03. The molecule has 1 heterocycles. The number of rotatable bonds is 4. The van der Waals surface area contributed by atoms with Gasteiger partial charge in [0.1, 0.15) is 17.5 Å². The first-order chi connectivity index (χ1) is 9.41. The minimum Gasteiger partial charge on any atom is -0.368 e. The maximum atomic E-state index is 12.1. The minimum absolute atomic E-state index is 0.0720. The van der Waals surface area contributed by atoms with Gasteiger partial charge in [-0.2, -0.15) is 10.5 Å². The lowest BCUT2D eigenvalue weighted by molar-refractivity contribution is -0.142. The third-order valence-corrected chi connectivity index (χ3v) is 4.55. The molecule has 1 amide bonds. The zero-order chi connectivity index (χ0) is 15.6. The largest absolute Gasteiger partial charge is 0.368 e. The van der Waals surface area contributed by atoms with Crippen molar-refractivity contribution in [3.05, 3.63) is 10.7 Å². The lowest BCUT2D eigenvalue weighted by atomic mass is 9.55. The van der Waals surface area contributed by atoms with Gasteiger partial charge in [0.05, 0.1) is 11.6 Å². The van der Waals surface area contributed by atoms with Crippen LogP contribution in [0.1, 0.15) is 26.7 Å². The van der Waals surface area contributed by atoms with Crippen molar-refractivity contribution < 1.29 is 9.53 Å². The third-order valence-electron chi connectivity index (χ3n) is 4.25. The molecule has 0 aliphatic carbocycles. The van der Waals surface area contributed by atoms with Crippen LogP contribution in [-0.4, -0.2) is 19.2 Å². The molecular weight excluding hydrogens is 280 g/mol. The van der Waals surface area contributed by atoms with Crippen molar-refractivity contribution in [1.29, 1.82) is 10.5 Å². The van der Waals surface area contributed by atoms with Gasteiger partial charge < -0.3 is 15.8 Å². The number of nitriles is 2. The van der Waals surface area contributed by atoms with E-state index in [9.17, 15) is 15.3 Å². The fourth-order valence-corrected chi connectivity index (χ4v) is 3.38. The molecule has 0 saturated heterocycles. The molecule has 108 valence electrons. The Labute approximate surface area is 123 Å². The molecule has 2 atom stereocenters. The predicted octanol–water partition coefficient (Wildman–Crippen LogP) is 1.34. The highest BCUT2D eigenvalue weighted by molar-refractivity contribution is 6.30. The quantitative estimate of drug-likeness (QED) is 0.760. The molecule has 0 fully saturated rings. The van der Waals surface area contributed by atoms with Gasteiger partial charge in [0.15, 0.2) is 5.41 Å². The summed E-state index contributed by atoms with van der Waals surface area (Å²) in [7, 11) is 1.45. The van der Waals surface area contributed by atoms with Gasteiger partial charge in [0.25, 0.3) is 0 Å². The SMILES string of the molecule is CCC1(CC)C(OC)NC(Cl)=C(C#N)C1(C#N)C(N)=O. The van der Waals surface area contributed by atoms with Crippen molar-refractivity contribution in [1.82, 2.24) is 5.32 Å². The first kappa shape index (κ1) is 16.3. The average molecular weight is 297 g/mol. The number of nitrogens with zero attached hydrogens (tertiary/aromatic N) is 2. The lowest BCUT2D eigenvalue weighted by Crippen LogP contribution is -2.63. The van der Waals surface area contributed by atoms with Crippen LogP contribution in [-0.2, 0) is 9.53 Å². The number of halogens is 1. The first-order valence-electron chi connectivity index (χ1n) is 6.22. The second kappa shape index (κ2) is 5.70. The van der Waals surface area contributed by atoms with E-state index >= 15 is 0 Å².